The molecule has 28 heavy (non-hydrogen) atoms. The molecule has 6 heteroatoms. The molecule has 1 unspecified atom stereocenters. The Balaban J connectivity index is 1.58. The molecular weight excluding hydrogens is 376 g/mol. The van der Waals surface area contributed by atoms with Crippen LogP contribution in [0.15, 0.2) is 36.4 Å². The van der Waals surface area contributed by atoms with Gasteiger partial charge in [0, 0.05) is 12.4 Å². The Morgan fingerprint density at radius 3 is 2.86 bits per heavy atom. The molecule has 1 amide bonds. The monoisotopic (exact) mass is 394 g/mol. The summed E-state index contributed by atoms with van der Waals surface area (Å²) >= 11 is 6.44. The second-order valence-corrected chi connectivity index (χ2v) is 7.81. The molecule has 3 aromatic rings. The fourth-order valence-electron chi connectivity index (χ4n) is 4.69. The minimum Gasteiger partial charge on any atom is -0.465 e. The van der Waals surface area contributed by atoms with Crippen LogP contribution in [-0.2, 0) is 24.8 Å². The highest BCUT2D eigenvalue weighted by atomic mass is 35.5. The van der Waals surface area contributed by atoms with Crippen LogP contribution in [0.25, 0.3) is 10.9 Å². The Hall–Kier alpha value is -2.79. The standard InChI is InChI=1S/C22H19ClN2O3/c1-24-17-5-3-4-15(23)19(17)20-18(24)11-25(21(20)26)16-9-8-12-6-7-13(10-14(12)16)22(27)28-2/h3-7,10,16H,8-9,11H2,1-2H3. The molecule has 0 saturated heterocycles. The zero-order valence-corrected chi connectivity index (χ0v) is 16.4. The van der Waals surface area contributed by atoms with Crippen LogP contribution in [0.2, 0.25) is 5.02 Å². The Morgan fingerprint density at radius 2 is 2.07 bits per heavy atom. The molecule has 0 radical (unpaired) electrons. The smallest absolute Gasteiger partial charge is 0.337 e. The van der Waals surface area contributed by atoms with Crippen LogP contribution < -0.4 is 0 Å². The summed E-state index contributed by atoms with van der Waals surface area (Å²) < 4.78 is 6.92. The lowest BCUT2D eigenvalue weighted by Crippen LogP contribution is -2.28. The number of aryl methyl sites for hydroxylation is 2. The van der Waals surface area contributed by atoms with E-state index in [4.69, 9.17) is 16.3 Å². The molecular formula is C22H19ClN2O3. The molecule has 5 rings (SSSR count). The Labute approximate surface area is 167 Å². The second kappa shape index (κ2) is 6.11. The maximum Gasteiger partial charge on any atom is 0.337 e. The molecule has 0 saturated carbocycles. The van der Waals surface area contributed by atoms with E-state index >= 15 is 0 Å². The predicted molar refractivity (Wildman–Crippen MR) is 107 cm³/mol. The van der Waals surface area contributed by atoms with Crippen molar-refractivity contribution in [2.24, 2.45) is 7.05 Å². The van der Waals surface area contributed by atoms with E-state index in [1.54, 1.807) is 6.07 Å². The van der Waals surface area contributed by atoms with Crippen molar-refractivity contribution in [3.63, 3.8) is 0 Å². The quantitative estimate of drug-likeness (QED) is 0.610. The molecule has 2 heterocycles. The first kappa shape index (κ1) is 17.3. The molecule has 0 bridgehead atoms. The van der Waals surface area contributed by atoms with Gasteiger partial charge in [0.15, 0.2) is 0 Å². The first-order valence-corrected chi connectivity index (χ1v) is 9.67. The number of halogens is 1. The van der Waals surface area contributed by atoms with Gasteiger partial charge in [-0.2, -0.15) is 0 Å². The van der Waals surface area contributed by atoms with E-state index < -0.39 is 0 Å². The number of amides is 1. The number of fused-ring (bicyclic) bond motifs is 4. The van der Waals surface area contributed by atoms with Crippen molar-refractivity contribution in [1.29, 1.82) is 0 Å². The SMILES string of the molecule is COC(=O)c1ccc2c(c1)C(N1Cc3c(c4c(Cl)cccc4n3C)C1=O)CC2. The van der Waals surface area contributed by atoms with E-state index in [1.807, 2.05) is 42.3 Å². The van der Waals surface area contributed by atoms with Crippen molar-refractivity contribution >= 4 is 34.4 Å². The second-order valence-electron chi connectivity index (χ2n) is 7.41. The van der Waals surface area contributed by atoms with Crippen molar-refractivity contribution in [2.75, 3.05) is 7.11 Å². The fourth-order valence-corrected chi connectivity index (χ4v) is 4.95. The first-order chi connectivity index (χ1) is 13.5. The average molecular weight is 395 g/mol. The van der Waals surface area contributed by atoms with Gasteiger partial charge in [0.05, 0.1) is 47.1 Å². The number of aromatic nitrogens is 1. The molecule has 0 fully saturated rings. The number of hydrogen-bond donors (Lipinski definition) is 0. The van der Waals surface area contributed by atoms with Crippen molar-refractivity contribution < 1.29 is 14.3 Å². The summed E-state index contributed by atoms with van der Waals surface area (Å²) in [5, 5.41) is 1.43. The highest BCUT2D eigenvalue weighted by Crippen LogP contribution is 2.43. The van der Waals surface area contributed by atoms with E-state index in [-0.39, 0.29) is 17.9 Å². The summed E-state index contributed by atoms with van der Waals surface area (Å²) in [5.41, 5.74) is 5.42. The van der Waals surface area contributed by atoms with E-state index in [9.17, 15) is 9.59 Å². The van der Waals surface area contributed by atoms with Gasteiger partial charge >= 0.3 is 5.97 Å². The minimum absolute atomic E-state index is 0.00928. The number of hydrogen-bond acceptors (Lipinski definition) is 3. The van der Waals surface area contributed by atoms with Gasteiger partial charge in [-0.1, -0.05) is 23.7 Å². The maximum absolute atomic E-state index is 13.4. The van der Waals surface area contributed by atoms with Crippen molar-refractivity contribution in [3.05, 3.63) is 69.4 Å². The zero-order valence-electron chi connectivity index (χ0n) is 15.7. The molecule has 2 aromatic carbocycles. The molecule has 1 atom stereocenters. The highest BCUT2D eigenvalue weighted by Gasteiger charge is 2.40. The molecule has 142 valence electrons. The lowest BCUT2D eigenvalue weighted by Gasteiger charge is -2.25. The molecule has 0 spiro atoms. The Bertz CT molecular complexity index is 1160. The summed E-state index contributed by atoms with van der Waals surface area (Å²) in [6.07, 6.45) is 1.74. The summed E-state index contributed by atoms with van der Waals surface area (Å²) in [6, 6.07) is 11.3. The average Bonchev–Trinajstić information content (AvgIpc) is 3.34. The number of benzene rings is 2. The van der Waals surface area contributed by atoms with Gasteiger partial charge in [-0.15, -0.1) is 0 Å². The van der Waals surface area contributed by atoms with Gasteiger partial charge in [-0.05, 0) is 48.2 Å². The number of nitrogens with zero attached hydrogens (tertiary/aromatic N) is 2. The topological polar surface area (TPSA) is 51.5 Å². The van der Waals surface area contributed by atoms with Crippen LogP contribution >= 0.6 is 11.6 Å². The van der Waals surface area contributed by atoms with Crippen LogP contribution in [0, 0.1) is 0 Å². The summed E-state index contributed by atoms with van der Waals surface area (Å²) in [5.74, 6) is -0.350. The van der Waals surface area contributed by atoms with Crippen LogP contribution in [0.1, 0.15) is 50.0 Å². The Kier molecular flexibility index (Phi) is 3.78. The maximum atomic E-state index is 13.4. The third-order valence-corrected chi connectivity index (χ3v) is 6.40. The molecule has 1 aromatic heterocycles. The van der Waals surface area contributed by atoms with E-state index in [0.29, 0.717) is 22.7 Å². The number of carbonyl (C=O) groups excluding carboxylic acids is 2. The number of rotatable bonds is 2. The molecule has 1 aliphatic heterocycles. The van der Waals surface area contributed by atoms with Crippen molar-refractivity contribution in [3.8, 4) is 0 Å². The van der Waals surface area contributed by atoms with Crippen molar-refractivity contribution in [1.82, 2.24) is 9.47 Å². The summed E-state index contributed by atoms with van der Waals surface area (Å²) in [7, 11) is 3.36. The van der Waals surface area contributed by atoms with E-state index in [2.05, 4.69) is 4.57 Å². The first-order valence-electron chi connectivity index (χ1n) is 9.29. The predicted octanol–water partition coefficient (Wildman–Crippen LogP) is 4.26. The number of carbonyl (C=O) groups is 2. The van der Waals surface area contributed by atoms with Crippen molar-refractivity contribution in [2.45, 2.75) is 25.4 Å². The number of ether oxygens (including phenoxy) is 1. The zero-order chi connectivity index (χ0) is 19.6. The third-order valence-electron chi connectivity index (χ3n) is 6.08. The van der Waals surface area contributed by atoms with Crippen LogP contribution in [-0.4, -0.2) is 28.5 Å². The van der Waals surface area contributed by atoms with Crippen LogP contribution in [0.4, 0.5) is 0 Å². The number of methoxy groups -OCH3 is 1. The molecule has 2 aliphatic rings. The minimum atomic E-state index is -0.359. The number of esters is 1. The lowest BCUT2D eigenvalue weighted by molar-refractivity contribution is 0.0600. The highest BCUT2D eigenvalue weighted by molar-refractivity contribution is 6.37. The van der Waals surface area contributed by atoms with Gasteiger partial charge in [0.25, 0.3) is 5.91 Å². The van der Waals surface area contributed by atoms with E-state index in [0.717, 1.165) is 35.0 Å². The van der Waals surface area contributed by atoms with E-state index in [1.165, 1.54) is 12.7 Å². The van der Waals surface area contributed by atoms with Gasteiger partial charge in [0.1, 0.15) is 0 Å². The third kappa shape index (κ3) is 2.26. The van der Waals surface area contributed by atoms with Crippen LogP contribution in [0.3, 0.4) is 0 Å². The fraction of sp³-hybridized carbons (Fsp3) is 0.273. The summed E-state index contributed by atoms with van der Waals surface area (Å²) in [4.78, 5) is 27.3. The molecule has 0 N–H and O–H groups in total. The summed E-state index contributed by atoms with van der Waals surface area (Å²) in [6.45, 7) is 0.544. The Morgan fingerprint density at radius 1 is 1.25 bits per heavy atom. The van der Waals surface area contributed by atoms with Gasteiger partial charge < -0.3 is 14.2 Å². The van der Waals surface area contributed by atoms with Crippen LogP contribution in [0.5, 0.6) is 0 Å². The van der Waals surface area contributed by atoms with Gasteiger partial charge in [0.2, 0.25) is 0 Å². The van der Waals surface area contributed by atoms with Gasteiger partial charge in [-0.25, -0.2) is 4.79 Å². The largest absolute Gasteiger partial charge is 0.465 e. The lowest BCUT2D eigenvalue weighted by atomic mass is 10.0. The molecule has 1 aliphatic carbocycles. The normalized spacial score (nSPS) is 17.9. The molecule has 5 nitrogen and oxygen atoms in total. The van der Waals surface area contributed by atoms with Gasteiger partial charge in [-0.3, -0.25) is 4.79 Å².